The summed E-state index contributed by atoms with van der Waals surface area (Å²) in [5.74, 6) is 0.437. The summed E-state index contributed by atoms with van der Waals surface area (Å²) in [6.07, 6.45) is 5.86. The first-order valence-electron chi connectivity index (χ1n) is 7.27. The fourth-order valence-electron chi connectivity index (χ4n) is 2.70. The van der Waals surface area contributed by atoms with E-state index in [0.717, 1.165) is 44.1 Å². The second-order valence-electron chi connectivity index (χ2n) is 5.17. The Kier molecular flexibility index (Phi) is 4.13. The maximum atomic E-state index is 11.6. The van der Waals surface area contributed by atoms with E-state index in [1.54, 1.807) is 12.4 Å². The van der Waals surface area contributed by atoms with Gasteiger partial charge in [0.05, 0.1) is 11.3 Å². The fraction of sp³-hybridized carbons (Fsp3) is 0.333. The summed E-state index contributed by atoms with van der Waals surface area (Å²) in [6, 6.07) is 5.70. The van der Waals surface area contributed by atoms with E-state index < -0.39 is 5.91 Å². The zero-order valence-electron chi connectivity index (χ0n) is 12.2. The van der Waals surface area contributed by atoms with Crippen LogP contribution in [0.5, 0.6) is 0 Å². The van der Waals surface area contributed by atoms with Crippen molar-refractivity contribution in [2.75, 3.05) is 36.0 Å². The van der Waals surface area contributed by atoms with Gasteiger partial charge in [0.2, 0.25) is 0 Å². The van der Waals surface area contributed by atoms with Crippen molar-refractivity contribution in [3.8, 4) is 0 Å². The van der Waals surface area contributed by atoms with Crippen molar-refractivity contribution in [2.24, 2.45) is 5.73 Å². The summed E-state index contributed by atoms with van der Waals surface area (Å²) in [5.41, 5.74) is 6.76. The van der Waals surface area contributed by atoms with Gasteiger partial charge in [0.25, 0.3) is 5.91 Å². The van der Waals surface area contributed by atoms with Crippen LogP contribution in [0.15, 0.2) is 36.8 Å². The number of carbonyl (C=O) groups excluding carboxylic acids is 1. The lowest BCUT2D eigenvalue weighted by molar-refractivity contribution is 0.100. The molecule has 2 aromatic rings. The van der Waals surface area contributed by atoms with Gasteiger partial charge in [-0.2, -0.15) is 5.10 Å². The van der Waals surface area contributed by atoms with Gasteiger partial charge in [-0.05, 0) is 24.6 Å². The average molecular weight is 298 g/mol. The lowest BCUT2D eigenvalue weighted by Crippen LogP contribution is -2.32. The first kappa shape index (κ1) is 14.2. The highest BCUT2D eigenvalue weighted by molar-refractivity contribution is 5.98. The molecule has 0 atom stereocenters. The van der Waals surface area contributed by atoms with E-state index in [1.807, 2.05) is 18.2 Å². The summed E-state index contributed by atoms with van der Waals surface area (Å²) in [5, 5.41) is 8.09. The number of nitrogens with two attached hydrogens (primary N) is 1. The third-order valence-electron chi connectivity index (χ3n) is 3.78. The molecule has 2 N–H and O–H groups in total. The Hall–Kier alpha value is -2.70. The van der Waals surface area contributed by atoms with Crippen LogP contribution < -0.4 is 15.5 Å². The molecular weight excluding hydrogens is 280 g/mol. The molecule has 22 heavy (non-hydrogen) atoms. The highest BCUT2D eigenvalue weighted by Crippen LogP contribution is 2.21. The Bertz CT molecular complexity index is 647. The van der Waals surface area contributed by atoms with Crippen molar-refractivity contribution in [3.63, 3.8) is 0 Å². The molecule has 0 aliphatic carbocycles. The number of amides is 1. The van der Waals surface area contributed by atoms with Crippen molar-refractivity contribution < 1.29 is 4.79 Å². The van der Waals surface area contributed by atoms with E-state index in [9.17, 15) is 4.79 Å². The minimum atomic E-state index is -0.446. The van der Waals surface area contributed by atoms with E-state index in [2.05, 4.69) is 25.0 Å². The van der Waals surface area contributed by atoms with Crippen LogP contribution in [0.25, 0.3) is 0 Å². The molecule has 0 bridgehead atoms. The van der Waals surface area contributed by atoms with Crippen LogP contribution in [0.3, 0.4) is 0 Å². The number of nitrogens with zero attached hydrogens (tertiary/aromatic N) is 5. The summed E-state index contributed by atoms with van der Waals surface area (Å²) < 4.78 is 0. The molecule has 114 valence electrons. The molecule has 1 amide bonds. The van der Waals surface area contributed by atoms with Crippen molar-refractivity contribution in [2.45, 2.75) is 6.42 Å². The third-order valence-corrected chi connectivity index (χ3v) is 3.78. The zero-order valence-corrected chi connectivity index (χ0v) is 12.2. The molecule has 0 aromatic carbocycles. The highest BCUT2D eigenvalue weighted by Gasteiger charge is 2.19. The standard InChI is InChI=1S/C15H18N6O/c16-15(22)12-11-17-6-4-13(12)20-7-2-8-21(10-9-20)14-3-1-5-18-19-14/h1,3-6,11H,2,7-10H2,(H2,16,22). The molecule has 0 unspecified atom stereocenters. The second kappa shape index (κ2) is 6.38. The monoisotopic (exact) mass is 298 g/mol. The average Bonchev–Trinajstić information content (AvgIpc) is 2.81. The maximum absolute atomic E-state index is 11.6. The number of pyridine rings is 1. The number of aromatic nitrogens is 3. The first-order chi connectivity index (χ1) is 10.8. The summed E-state index contributed by atoms with van der Waals surface area (Å²) in [7, 11) is 0. The number of anilines is 2. The molecule has 7 nitrogen and oxygen atoms in total. The third kappa shape index (κ3) is 2.98. The molecule has 1 aliphatic rings. The van der Waals surface area contributed by atoms with E-state index in [-0.39, 0.29) is 0 Å². The summed E-state index contributed by atoms with van der Waals surface area (Å²) in [6.45, 7) is 3.38. The Balaban J connectivity index is 1.77. The molecule has 3 heterocycles. The Morgan fingerprint density at radius 3 is 2.68 bits per heavy atom. The van der Waals surface area contributed by atoms with Crippen molar-refractivity contribution in [3.05, 3.63) is 42.4 Å². The van der Waals surface area contributed by atoms with Gasteiger partial charge < -0.3 is 15.5 Å². The van der Waals surface area contributed by atoms with E-state index >= 15 is 0 Å². The molecular formula is C15H18N6O. The smallest absolute Gasteiger partial charge is 0.252 e. The minimum absolute atomic E-state index is 0.446. The SMILES string of the molecule is NC(=O)c1cnccc1N1CCCN(c2cccnn2)CC1. The second-order valence-corrected chi connectivity index (χ2v) is 5.17. The predicted molar refractivity (Wildman–Crippen MR) is 83.8 cm³/mol. The summed E-state index contributed by atoms with van der Waals surface area (Å²) in [4.78, 5) is 19.9. The Morgan fingerprint density at radius 1 is 1.09 bits per heavy atom. The highest BCUT2D eigenvalue weighted by atomic mass is 16.1. The van der Waals surface area contributed by atoms with Crippen LogP contribution in [0.1, 0.15) is 16.8 Å². The quantitative estimate of drug-likeness (QED) is 0.897. The molecule has 1 aliphatic heterocycles. The zero-order chi connectivity index (χ0) is 15.4. The molecule has 0 saturated carbocycles. The van der Waals surface area contributed by atoms with Gasteiger partial charge in [-0.25, -0.2) is 0 Å². The van der Waals surface area contributed by atoms with Gasteiger partial charge in [0, 0.05) is 44.8 Å². The molecule has 1 saturated heterocycles. The van der Waals surface area contributed by atoms with Crippen LogP contribution in [0, 0.1) is 0 Å². The maximum Gasteiger partial charge on any atom is 0.252 e. The molecule has 0 spiro atoms. The molecule has 7 heteroatoms. The van der Waals surface area contributed by atoms with Gasteiger partial charge in [0.1, 0.15) is 0 Å². The van der Waals surface area contributed by atoms with Gasteiger partial charge in [-0.15, -0.1) is 5.10 Å². The largest absolute Gasteiger partial charge is 0.369 e. The van der Waals surface area contributed by atoms with Crippen molar-refractivity contribution >= 4 is 17.4 Å². The Morgan fingerprint density at radius 2 is 1.91 bits per heavy atom. The fourth-order valence-corrected chi connectivity index (χ4v) is 2.70. The molecule has 3 rings (SSSR count). The van der Waals surface area contributed by atoms with Crippen LogP contribution in [0.4, 0.5) is 11.5 Å². The van der Waals surface area contributed by atoms with Gasteiger partial charge in [0.15, 0.2) is 5.82 Å². The van der Waals surface area contributed by atoms with Crippen LogP contribution in [-0.4, -0.2) is 47.3 Å². The van der Waals surface area contributed by atoms with E-state index in [1.165, 1.54) is 6.20 Å². The minimum Gasteiger partial charge on any atom is -0.369 e. The Labute approximate surface area is 128 Å². The lowest BCUT2D eigenvalue weighted by atomic mass is 10.2. The molecule has 1 fully saturated rings. The number of hydrogen-bond acceptors (Lipinski definition) is 6. The number of hydrogen-bond donors (Lipinski definition) is 1. The van der Waals surface area contributed by atoms with Crippen LogP contribution in [0.2, 0.25) is 0 Å². The topological polar surface area (TPSA) is 88.2 Å². The molecule has 0 radical (unpaired) electrons. The predicted octanol–water partition coefficient (Wildman–Crippen LogP) is 0.687. The summed E-state index contributed by atoms with van der Waals surface area (Å²) >= 11 is 0. The molecule has 2 aromatic heterocycles. The van der Waals surface area contributed by atoms with E-state index in [4.69, 9.17) is 5.73 Å². The normalized spacial score (nSPS) is 15.5. The van der Waals surface area contributed by atoms with Crippen molar-refractivity contribution in [1.82, 2.24) is 15.2 Å². The van der Waals surface area contributed by atoms with Crippen LogP contribution in [-0.2, 0) is 0 Å². The van der Waals surface area contributed by atoms with E-state index in [0.29, 0.717) is 5.56 Å². The van der Waals surface area contributed by atoms with Crippen molar-refractivity contribution in [1.29, 1.82) is 0 Å². The van der Waals surface area contributed by atoms with Gasteiger partial charge >= 0.3 is 0 Å². The lowest BCUT2D eigenvalue weighted by Gasteiger charge is -2.25. The van der Waals surface area contributed by atoms with Crippen LogP contribution >= 0.6 is 0 Å². The van der Waals surface area contributed by atoms with Gasteiger partial charge in [-0.3, -0.25) is 9.78 Å². The number of primary amides is 1. The van der Waals surface area contributed by atoms with Gasteiger partial charge in [-0.1, -0.05) is 0 Å². The number of carbonyl (C=O) groups is 1. The number of rotatable bonds is 3. The first-order valence-corrected chi connectivity index (χ1v) is 7.27.